The van der Waals surface area contributed by atoms with E-state index in [1.807, 2.05) is 20.8 Å². The van der Waals surface area contributed by atoms with Gasteiger partial charge in [0.05, 0.1) is 5.75 Å². The molecule has 0 aliphatic carbocycles. The highest BCUT2D eigenvalue weighted by Crippen LogP contribution is 2.13. The lowest BCUT2D eigenvalue weighted by Gasteiger charge is -2.21. The quantitative estimate of drug-likeness (QED) is 0.600. The third kappa shape index (κ3) is 5.87. The zero-order valence-electron chi connectivity index (χ0n) is 11.5. The maximum Gasteiger partial charge on any atom is 0.313 e. The minimum atomic E-state index is -1.02. The molecule has 0 aliphatic heterocycles. The average Bonchev–Trinajstić information content (AvgIpc) is 2.26. The summed E-state index contributed by atoms with van der Waals surface area (Å²) in [5.41, 5.74) is -0.830. The summed E-state index contributed by atoms with van der Waals surface area (Å²) in [4.78, 5) is 37.3. The molecular weight excluding hydrogens is 282 g/mol. The predicted octanol–water partition coefficient (Wildman–Crippen LogP) is 0.335. The molecule has 0 bridgehead atoms. The number of rotatable bonds is 5. The Morgan fingerprint density at radius 2 is 2.10 bits per heavy atom. The Kier molecular flexibility index (Phi) is 5.32. The molecule has 1 aromatic heterocycles. The van der Waals surface area contributed by atoms with E-state index in [9.17, 15) is 14.4 Å². The fourth-order valence-corrected chi connectivity index (χ4v) is 2.09. The molecule has 1 heterocycles. The second kappa shape index (κ2) is 6.56. The molecule has 7 nitrogen and oxygen atoms in total. The van der Waals surface area contributed by atoms with Crippen LogP contribution in [-0.4, -0.2) is 37.8 Å². The highest BCUT2D eigenvalue weighted by molar-refractivity contribution is 7.99. The minimum Gasteiger partial charge on any atom is -0.481 e. The second-order valence-electron chi connectivity index (χ2n) is 5.16. The van der Waals surface area contributed by atoms with Crippen LogP contribution < -0.4 is 10.9 Å². The van der Waals surface area contributed by atoms with E-state index < -0.39 is 11.5 Å². The molecule has 0 spiro atoms. The fourth-order valence-electron chi connectivity index (χ4n) is 1.39. The van der Waals surface area contributed by atoms with Gasteiger partial charge in [0.25, 0.3) is 5.56 Å². The number of hydrogen-bond donors (Lipinski definition) is 2. The van der Waals surface area contributed by atoms with E-state index >= 15 is 0 Å². The van der Waals surface area contributed by atoms with Crippen molar-refractivity contribution in [3.05, 3.63) is 22.6 Å². The molecule has 1 aromatic rings. The van der Waals surface area contributed by atoms with E-state index in [2.05, 4.69) is 10.3 Å². The molecule has 0 aromatic carbocycles. The number of carbonyl (C=O) groups is 2. The van der Waals surface area contributed by atoms with Crippen LogP contribution in [0.25, 0.3) is 0 Å². The van der Waals surface area contributed by atoms with Gasteiger partial charge in [0.1, 0.15) is 6.54 Å². The first kappa shape index (κ1) is 16.2. The number of nitrogens with zero attached hydrogens (tertiary/aromatic N) is 2. The average molecular weight is 299 g/mol. The maximum absolute atomic E-state index is 11.8. The molecule has 0 atom stereocenters. The van der Waals surface area contributed by atoms with Gasteiger partial charge >= 0.3 is 5.97 Å². The molecule has 8 heteroatoms. The van der Waals surface area contributed by atoms with Crippen LogP contribution in [-0.2, 0) is 16.1 Å². The van der Waals surface area contributed by atoms with E-state index in [1.54, 1.807) is 0 Å². The van der Waals surface area contributed by atoms with Gasteiger partial charge in [0, 0.05) is 17.8 Å². The standard InChI is InChI=1S/C12H17N3O4S/c1-12(2,3)14-9(17)6-15-5-4-8(16)13-11(15)20-7-10(18)19/h4-5H,6-7H2,1-3H3,(H,14,17)(H,18,19). The van der Waals surface area contributed by atoms with Gasteiger partial charge in [-0.2, -0.15) is 4.98 Å². The summed E-state index contributed by atoms with van der Waals surface area (Å²) in [6.45, 7) is 5.55. The Bertz CT molecular complexity index is 563. The maximum atomic E-state index is 11.8. The minimum absolute atomic E-state index is 0.0213. The van der Waals surface area contributed by atoms with E-state index in [4.69, 9.17) is 5.11 Å². The highest BCUT2D eigenvalue weighted by Gasteiger charge is 2.15. The Morgan fingerprint density at radius 3 is 2.65 bits per heavy atom. The molecule has 0 aliphatic rings. The van der Waals surface area contributed by atoms with E-state index in [0.29, 0.717) is 0 Å². The van der Waals surface area contributed by atoms with Crippen molar-refractivity contribution in [1.82, 2.24) is 14.9 Å². The van der Waals surface area contributed by atoms with E-state index in [0.717, 1.165) is 11.8 Å². The second-order valence-corrected chi connectivity index (χ2v) is 6.10. The summed E-state index contributed by atoms with van der Waals surface area (Å²) in [5, 5.41) is 11.6. The van der Waals surface area contributed by atoms with Crippen LogP contribution >= 0.6 is 11.8 Å². The van der Waals surface area contributed by atoms with Gasteiger partial charge < -0.3 is 15.0 Å². The third-order valence-electron chi connectivity index (χ3n) is 2.00. The lowest BCUT2D eigenvalue weighted by Crippen LogP contribution is -2.42. The third-order valence-corrected chi connectivity index (χ3v) is 2.98. The number of carbonyl (C=O) groups excluding carboxylic acids is 1. The van der Waals surface area contributed by atoms with Gasteiger partial charge in [-0.1, -0.05) is 11.8 Å². The molecule has 0 fully saturated rings. The smallest absolute Gasteiger partial charge is 0.313 e. The lowest BCUT2D eigenvalue weighted by molar-refractivity contribution is -0.134. The van der Waals surface area contributed by atoms with Crippen molar-refractivity contribution in [3.63, 3.8) is 0 Å². The number of aliphatic carboxylic acids is 1. The molecule has 0 saturated heterocycles. The summed E-state index contributed by atoms with van der Waals surface area (Å²) >= 11 is 0.902. The predicted molar refractivity (Wildman–Crippen MR) is 74.8 cm³/mol. The molecule has 2 N–H and O–H groups in total. The van der Waals surface area contributed by atoms with Crippen molar-refractivity contribution < 1.29 is 14.7 Å². The Hall–Kier alpha value is -1.83. The number of hydrogen-bond acceptors (Lipinski definition) is 5. The topological polar surface area (TPSA) is 101 Å². The van der Waals surface area contributed by atoms with Gasteiger partial charge in [-0.15, -0.1) is 0 Å². The van der Waals surface area contributed by atoms with Crippen LogP contribution in [0.4, 0.5) is 0 Å². The Morgan fingerprint density at radius 1 is 1.45 bits per heavy atom. The number of carboxylic acids is 1. The summed E-state index contributed by atoms with van der Waals surface area (Å²) in [5.74, 6) is -1.48. The first-order valence-corrected chi connectivity index (χ1v) is 6.89. The zero-order chi connectivity index (χ0) is 15.3. The fraction of sp³-hybridized carbons (Fsp3) is 0.500. The lowest BCUT2D eigenvalue weighted by atomic mass is 10.1. The van der Waals surface area contributed by atoms with Crippen molar-refractivity contribution in [1.29, 1.82) is 0 Å². The molecule has 1 rings (SSSR count). The molecule has 110 valence electrons. The summed E-state index contributed by atoms with van der Waals surface area (Å²) < 4.78 is 1.45. The van der Waals surface area contributed by atoms with Crippen LogP contribution in [0.5, 0.6) is 0 Å². The highest BCUT2D eigenvalue weighted by atomic mass is 32.2. The Balaban J connectivity index is 2.85. The van der Waals surface area contributed by atoms with Crippen molar-refractivity contribution in [2.45, 2.75) is 38.0 Å². The molecule has 1 amide bonds. The van der Waals surface area contributed by atoms with E-state index in [1.165, 1.54) is 16.8 Å². The van der Waals surface area contributed by atoms with Crippen molar-refractivity contribution >= 4 is 23.6 Å². The normalized spacial score (nSPS) is 11.2. The van der Waals surface area contributed by atoms with Crippen molar-refractivity contribution in [2.75, 3.05) is 5.75 Å². The van der Waals surface area contributed by atoms with Crippen LogP contribution in [0, 0.1) is 0 Å². The molecule has 0 radical (unpaired) electrons. The van der Waals surface area contributed by atoms with Crippen LogP contribution in [0.3, 0.4) is 0 Å². The summed E-state index contributed by atoms with van der Waals surface area (Å²) in [6, 6.07) is 1.23. The summed E-state index contributed by atoms with van der Waals surface area (Å²) in [7, 11) is 0. The number of nitrogens with one attached hydrogen (secondary N) is 1. The first-order chi connectivity index (χ1) is 9.17. The van der Waals surface area contributed by atoms with Gasteiger partial charge in [-0.25, -0.2) is 0 Å². The molecule has 0 saturated carbocycles. The van der Waals surface area contributed by atoms with E-state index in [-0.39, 0.29) is 28.9 Å². The number of amides is 1. The zero-order valence-corrected chi connectivity index (χ0v) is 12.4. The number of thioether (sulfide) groups is 1. The Labute approximate surface area is 120 Å². The van der Waals surface area contributed by atoms with Gasteiger partial charge in [0.2, 0.25) is 5.91 Å². The van der Waals surface area contributed by atoms with Crippen LogP contribution in [0.1, 0.15) is 20.8 Å². The van der Waals surface area contributed by atoms with Crippen LogP contribution in [0.2, 0.25) is 0 Å². The van der Waals surface area contributed by atoms with Gasteiger partial charge in [0.15, 0.2) is 5.16 Å². The SMILES string of the molecule is CC(C)(C)NC(=O)Cn1ccc(=O)nc1SCC(=O)O. The van der Waals surface area contributed by atoms with Gasteiger partial charge in [-0.3, -0.25) is 14.4 Å². The van der Waals surface area contributed by atoms with Crippen molar-refractivity contribution in [2.24, 2.45) is 0 Å². The monoisotopic (exact) mass is 299 g/mol. The molecule has 20 heavy (non-hydrogen) atoms. The van der Waals surface area contributed by atoms with Crippen LogP contribution in [0.15, 0.2) is 22.2 Å². The van der Waals surface area contributed by atoms with Gasteiger partial charge in [-0.05, 0) is 20.8 Å². The number of carboxylic acid groups (broad SMARTS) is 1. The summed E-state index contributed by atoms with van der Waals surface area (Å²) in [6.07, 6.45) is 1.43. The number of aromatic nitrogens is 2. The molecule has 0 unspecified atom stereocenters. The molecular formula is C12H17N3O4S. The largest absolute Gasteiger partial charge is 0.481 e. The first-order valence-electron chi connectivity index (χ1n) is 5.90. The van der Waals surface area contributed by atoms with Crippen molar-refractivity contribution in [3.8, 4) is 0 Å².